The SMILES string of the molecule is CCC1(C)Nc2c(Cl)ncnc2-n2c1cc1ccccc12. The molecule has 4 rings (SSSR count). The summed E-state index contributed by atoms with van der Waals surface area (Å²) in [6.45, 7) is 4.35. The molecule has 1 unspecified atom stereocenters. The number of aromatic nitrogens is 3. The van der Waals surface area contributed by atoms with E-state index >= 15 is 0 Å². The fraction of sp³-hybridized carbons (Fsp3) is 0.250. The van der Waals surface area contributed by atoms with Gasteiger partial charge in [0.1, 0.15) is 12.0 Å². The van der Waals surface area contributed by atoms with E-state index in [0.717, 1.165) is 23.4 Å². The average Bonchev–Trinajstić information content (AvgIpc) is 2.90. The van der Waals surface area contributed by atoms with Crippen molar-refractivity contribution in [3.8, 4) is 5.82 Å². The second kappa shape index (κ2) is 4.21. The first-order valence-electron chi connectivity index (χ1n) is 7.04. The second-order valence-electron chi connectivity index (χ2n) is 5.60. The molecular formula is C16H15ClN4. The molecule has 1 aliphatic heterocycles. The molecule has 0 aliphatic carbocycles. The molecule has 0 saturated heterocycles. The van der Waals surface area contributed by atoms with Gasteiger partial charge >= 0.3 is 0 Å². The Morgan fingerprint density at radius 3 is 2.90 bits per heavy atom. The summed E-state index contributed by atoms with van der Waals surface area (Å²) >= 11 is 6.28. The first-order valence-corrected chi connectivity index (χ1v) is 7.42. The predicted octanol–water partition coefficient (Wildman–Crippen LogP) is 4.12. The highest BCUT2D eigenvalue weighted by Gasteiger charge is 2.36. The van der Waals surface area contributed by atoms with Crippen LogP contribution < -0.4 is 5.32 Å². The smallest absolute Gasteiger partial charge is 0.165 e. The van der Waals surface area contributed by atoms with Crippen molar-refractivity contribution in [3.63, 3.8) is 0 Å². The number of anilines is 1. The van der Waals surface area contributed by atoms with Gasteiger partial charge in [-0.25, -0.2) is 9.97 Å². The monoisotopic (exact) mass is 298 g/mol. The Morgan fingerprint density at radius 1 is 1.29 bits per heavy atom. The Labute approximate surface area is 127 Å². The van der Waals surface area contributed by atoms with Crippen LogP contribution in [0, 0.1) is 0 Å². The van der Waals surface area contributed by atoms with Crippen LogP contribution in [-0.2, 0) is 5.54 Å². The molecule has 1 aliphatic rings. The Balaban J connectivity index is 2.16. The molecule has 0 saturated carbocycles. The first kappa shape index (κ1) is 12.7. The molecule has 0 spiro atoms. The molecule has 1 aromatic carbocycles. The quantitative estimate of drug-likeness (QED) is 0.687. The molecule has 3 heterocycles. The van der Waals surface area contributed by atoms with Gasteiger partial charge in [-0.15, -0.1) is 0 Å². The average molecular weight is 299 g/mol. The number of para-hydroxylation sites is 1. The highest BCUT2D eigenvalue weighted by atomic mass is 35.5. The molecule has 21 heavy (non-hydrogen) atoms. The Morgan fingerprint density at radius 2 is 2.10 bits per heavy atom. The molecular weight excluding hydrogens is 284 g/mol. The normalized spacial score (nSPS) is 20.0. The third-order valence-electron chi connectivity index (χ3n) is 4.38. The summed E-state index contributed by atoms with van der Waals surface area (Å²) in [7, 11) is 0. The van der Waals surface area contributed by atoms with Gasteiger partial charge in [0.15, 0.2) is 11.0 Å². The van der Waals surface area contributed by atoms with Crippen LogP contribution in [0.25, 0.3) is 16.7 Å². The molecule has 5 heteroatoms. The summed E-state index contributed by atoms with van der Waals surface area (Å²) in [5, 5.41) is 5.20. The Kier molecular flexibility index (Phi) is 2.54. The highest BCUT2D eigenvalue weighted by Crippen LogP contribution is 2.43. The molecule has 0 fully saturated rings. The summed E-state index contributed by atoms with van der Waals surface area (Å²) < 4.78 is 2.19. The maximum Gasteiger partial charge on any atom is 0.165 e. The van der Waals surface area contributed by atoms with Crippen molar-refractivity contribution in [1.29, 1.82) is 0 Å². The molecule has 4 nitrogen and oxygen atoms in total. The van der Waals surface area contributed by atoms with E-state index in [2.05, 4.69) is 58.0 Å². The molecule has 0 bridgehead atoms. The molecule has 2 aromatic heterocycles. The van der Waals surface area contributed by atoms with E-state index in [0.29, 0.717) is 5.15 Å². The predicted molar refractivity (Wildman–Crippen MR) is 85.1 cm³/mol. The third kappa shape index (κ3) is 1.62. The number of benzene rings is 1. The van der Waals surface area contributed by atoms with Crippen LogP contribution in [0.15, 0.2) is 36.7 Å². The number of rotatable bonds is 1. The van der Waals surface area contributed by atoms with Crippen LogP contribution in [0.2, 0.25) is 5.15 Å². The number of fused-ring (bicyclic) bond motifs is 5. The molecule has 0 amide bonds. The van der Waals surface area contributed by atoms with E-state index < -0.39 is 0 Å². The lowest BCUT2D eigenvalue weighted by molar-refractivity contribution is 0.487. The number of hydrogen-bond acceptors (Lipinski definition) is 3. The summed E-state index contributed by atoms with van der Waals surface area (Å²) in [6, 6.07) is 10.6. The zero-order valence-electron chi connectivity index (χ0n) is 11.9. The number of halogens is 1. The number of nitrogens with one attached hydrogen (secondary N) is 1. The van der Waals surface area contributed by atoms with Gasteiger partial charge in [0.05, 0.1) is 16.7 Å². The molecule has 1 N–H and O–H groups in total. The van der Waals surface area contributed by atoms with Crippen LogP contribution in [-0.4, -0.2) is 14.5 Å². The first-order chi connectivity index (χ1) is 10.1. The molecule has 0 radical (unpaired) electrons. The van der Waals surface area contributed by atoms with Crippen LogP contribution in [0.5, 0.6) is 0 Å². The lowest BCUT2D eigenvalue weighted by Gasteiger charge is -2.37. The van der Waals surface area contributed by atoms with E-state index in [-0.39, 0.29) is 5.54 Å². The van der Waals surface area contributed by atoms with Gasteiger partial charge in [-0.05, 0) is 25.5 Å². The number of nitrogens with zero attached hydrogens (tertiary/aromatic N) is 3. The standard InChI is InChI=1S/C16H15ClN4/c1-3-16(2)12-8-10-6-4-5-7-11(10)21(12)15-13(20-16)14(17)18-9-19-15/h4-9,20H,3H2,1-2H3. The van der Waals surface area contributed by atoms with E-state index in [1.165, 1.54) is 17.4 Å². The van der Waals surface area contributed by atoms with Crippen molar-refractivity contribution in [2.75, 3.05) is 5.32 Å². The van der Waals surface area contributed by atoms with Gasteiger partial charge in [0.2, 0.25) is 0 Å². The zero-order valence-corrected chi connectivity index (χ0v) is 12.6. The van der Waals surface area contributed by atoms with E-state index in [1.807, 2.05) is 6.07 Å². The van der Waals surface area contributed by atoms with Crippen LogP contribution >= 0.6 is 11.6 Å². The van der Waals surface area contributed by atoms with Crippen LogP contribution in [0.4, 0.5) is 5.69 Å². The van der Waals surface area contributed by atoms with E-state index in [4.69, 9.17) is 11.6 Å². The van der Waals surface area contributed by atoms with Gasteiger partial charge in [-0.3, -0.25) is 4.57 Å². The minimum absolute atomic E-state index is 0.194. The van der Waals surface area contributed by atoms with E-state index in [9.17, 15) is 0 Å². The summed E-state index contributed by atoms with van der Waals surface area (Å²) in [4.78, 5) is 8.56. The minimum Gasteiger partial charge on any atom is -0.369 e. The van der Waals surface area contributed by atoms with Crippen molar-refractivity contribution in [2.45, 2.75) is 25.8 Å². The van der Waals surface area contributed by atoms with Crippen molar-refractivity contribution < 1.29 is 0 Å². The fourth-order valence-electron chi connectivity index (χ4n) is 3.03. The molecule has 1 atom stereocenters. The van der Waals surface area contributed by atoms with Gasteiger partial charge in [-0.1, -0.05) is 36.7 Å². The van der Waals surface area contributed by atoms with Crippen LogP contribution in [0.1, 0.15) is 26.0 Å². The third-order valence-corrected chi connectivity index (χ3v) is 4.66. The Bertz CT molecular complexity index is 855. The van der Waals surface area contributed by atoms with Gasteiger partial charge < -0.3 is 5.32 Å². The fourth-order valence-corrected chi connectivity index (χ4v) is 3.21. The maximum absolute atomic E-state index is 6.28. The lowest BCUT2D eigenvalue weighted by atomic mass is 9.92. The summed E-state index contributed by atoms with van der Waals surface area (Å²) in [5.74, 6) is 0.817. The van der Waals surface area contributed by atoms with E-state index in [1.54, 1.807) is 0 Å². The molecule has 3 aromatic rings. The lowest BCUT2D eigenvalue weighted by Crippen LogP contribution is -2.37. The van der Waals surface area contributed by atoms with Crippen molar-refractivity contribution >= 4 is 28.2 Å². The second-order valence-corrected chi connectivity index (χ2v) is 5.96. The van der Waals surface area contributed by atoms with Gasteiger partial charge in [0.25, 0.3) is 0 Å². The van der Waals surface area contributed by atoms with Crippen molar-refractivity contribution in [2.24, 2.45) is 0 Å². The van der Waals surface area contributed by atoms with Gasteiger partial charge in [-0.2, -0.15) is 0 Å². The van der Waals surface area contributed by atoms with Crippen molar-refractivity contribution in [1.82, 2.24) is 14.5 Å². The topological polar surface area (TPSA) is 42.7 Å². The molecule has 106 valence electrons. The Hall–Kier alpha value is -2.07. The number of hydrogen-bond donors (Lipinski definition) is 1. The van der Waals surface area contributed by atoms with Crippen LogP contribution in [0.3, 0.4) is 0 Å². The maximum atomic E-state index is 6.28. The minimum atomic E-state index is -0.194. The summed E-state index contributed by atoms with van der Waals surface area (Å²) in [6.07, 6.45) is 2.45. The van der Waals surface area contributed by atoms with Crippen molar-refractivity contribution in [3.05, 3.63) is 47.5 Å². The highest BCUT2D eigenvalue weighted by molar-refractivity contribution is 6.32. The van der Waals surface area contributed by atoms with Gasteiger partial charge in [0, 0.05) is 5.39 Å². The summed E-state index contributed by atoms with van der Waals surface area (Å²) in [5.41, 5.74) is 2.95. The largest absolute Gasteiger partial charge is 0.369 e. The zero-order chi connectivity index (χ0) is 14.6.